The third-order valence-corrected chi connectivity index (χ3v) is 4.95. The largest absolute Gasteiger partial charge is 0.505 e. The van der Waals surface area contributed by atoms with E-state index in [0.717, 1.165) is 6.07 Å². The number of carbonyl (C=O) groups excluding carboxylic acids is 1. The van der Waals surface area contributed by atoms with Gasteiger partial charge in [-0.05, 0) is 48.2 Å². The molecule has 0 saturated carbocycles. The van der Waals surface area contributed by atoms with E-state index in [0.29, 0.717) is 10.9 Å². The van der Waals surface area contributed by atoms with Gasteiger partial charge in [0.2, 0.25) is 0 Å². The summed E-state index contributed by atoms with van der Waals surface area (Å²) >= 11 is 0. The SMILES string of the molecule is Cc1ccc(C(=O)Nc2ccc3cc(S(=O)(=O)O)ccc3c2O)c([N+](=O)[O-])c1. The van der Waals surface area contributed by atoms with Crippen molar-refractivity contribution in [3.63, 3.8) is 0 Å². The van der Waals surface area contributed by atoms with Crippen molar-refractivity contribution in [1.82, 2.24) is 0 Å². The van der Waals surface area contributed by atoms with Gasteiger partial charge in [-0.3, -0.25) is 19.5 Å². The van der Waals surface area contributed by atoms with Crippen LogP contribution in [0.4, 0.5) is 11.4 Å². The Kier molecular flexibility index (Phi) is 4.75. The van der Waals surface area contributed by atoms with Gasteiger partial charge < -0.3 is 10.4 Å². The number of benzene rings is 3. The zero-order chi connectivity index (χ0) is 20.6. The number of nitrogens with one attached hydrogen (secondary N) is 1. The van der Waals surface area contributed by atoms with Crippen LogP contribution in [-0.2, 0) is 10.1 Å². The van der Waals surface area contributed by atoms with Gasteiger partial charge in [0.1, 0.15) is 11.3 Å². The first-order valence-electron chi connectivity index (χ1n) is 7.87. The number of hydrogen-bond donors (Lipinski definition) is 3. The number of hydrogen-bond acceptors (Lipinski definition) is 6. The molecule has 0 aliphatic carbocycles. The third kappa shape index (κ3) is 3.63. The van der Waals surface area contributed by atoms with Crippen LogP contribution in [0.5, 0.6) is 5.75 Å². The van der Waals surface area contributed by atoms with E-state index in [4.69, 9.17) is 4.55 Å². The number of aromatic hydroxyl groups is 1. The Balaban J connectivity index is 2.00. The fraction of sp³-hybridized carbons (Fsp3) is 0.0556. The highest BCUT2D eigenvalue weighted by Crippen LogP contribution is 2.34. The number of carbonyl (C=O) groups is 1. The first kappa shape index (κ1) is 19.3. The van der Waals surface area contributed by atoms with Crippen molar-refractivity contribution in [2.45, 2.75) is 11.8 Å². The average Bonchev–Trinajstić information content (AvgIpc) is 2.62. The summed E-state index contributed by atoms with van der Waals surface area (Å²) in [7, 11) is -4.40. The first-order valence-corrected chi connectivity index (χ1v) is 9.31. The van der Waals surface area contributed by atoms with Crippen LogP contribution < -0.4 is 5.32 Å². The Morgan fingerprint density at radius 2 is 1.82 bits per heavy atom. The number of phenolic OH excluding ortho intramolecular Hbond substituents is 1. The summed E-state index contributed by atoms with van der Waals surface area (Å²) in [5, 5.41) is 24.5. The number of nitro benzene ring substituents is 1. The standard InChI is InChI=1S/C18H14N2O7S/c1-10-2-5-14(16(8-10)20(23)24)18(22)19-15-7-3-11-9-12(28(25,26)27)4-6-13(11)17(15)21/h2-9,21H,1H3,(H,19,22)(H,25,26,27). The van der Waals surface area contributed by atoms with Gasteiger partial charge >= 0.3 is 0 Å². The molecule has 0 bridgehead atoms. The van der Waals surface area contributed by atoms with Gasteiger partial charge in [0, 0.05) is 11.5 Å². The normalized spacial score (nSPS) is 11.4. The fourth-order valence-corrected chi connectivity index (χ4v) is 3.24. The lowest BCUT2D eigenvalue weighted by Gasteiger charge is -2.11. The molecule has 0 aliphatic heterocycles. The van der Waals surface area contributed by atoms with Crippen LogP contribution in [0, 0.1) is 17.0 Å². The number of amides is 1. The van der Waals surface area contributed by atoms with Crippen molar-refractivity contribution in [2.75, 3.05) is 5.32 Å². The maximum atomic E-state index is 12.5. The number of nitrogens with zero attached hydrogens (tertiary/aromatic N) is 1. The van der Waals surface area contributed by atoms with E-state index in [1.165, 1.54) is 36.4 Å². The van der Waals surface area contributed by atoms with Crippen LogP contribution in [0.3, 0.4) is 0 Å². The molecule has 144 valence electrons. The van der Waals surface area contributed by atoms with Gasteiger partial charge in [0.25, 0.3) is 21.7 Å². The van der Waals surface area contributed by atoms with Crippen LogP contribution in [0.25, 0.3) is 10.8 Å². The van der Waals surface area contributed by atoms with E-state index >= 15 is 0 Å². The van der Waals surface area contributed by atoms with Crippen LogP contribution in [0.2, 0.25) is 0 Å². The number of anilines is 1. The summed E-state index contributed by atoms with van der Waals surface area (Å²) in [6.07, 6.45) is 0. The number of aryl methyl sites for hydroxylation is 1. The molecule has 3 aromatic carbocycles. The van der Waals surface area contributed by atoms with Gasteiger partial charge in [-0.25, -0.2) is 0 Å². The second kappa shape index (κ2) is 6.91. The van der Waals surface area contributed by atoms with Crippen LogP contribution in [-0.4, -0.2) is 28.9 Å². The van der Waals surface area contributed by atoms with Crippen LogP contribution in [0.1, 0.15) is 15.9 Å². The molecule has 0 saturated heterocycles. The quantitative estimate of drug-likeness (QED) is 0.263. The molecule has 28 heavy (non-hydrogen) atoms. The molecular weight excluding hydrogens is 388 g/mol. The highest BCUT2D eigenvalue weighted by molar-refractivity contribution is 7.85. The second-order valence-corrected chi connectivity index (χ2v) is 7.47. The van der Waals surface area contributed by atoms with Crippen molar-refractivity contribution >= 4 is 38.2 Å². The summed E-state index contributed by atoms with van der Waals surface area (Å²) in [4.78, 5) is 22.7. The molecule has 0 spiro atoms. The molecule has 9 nitrogen and oxygen atoms in total. The van der Waals surface area contributed by atoms with Gasteiger partial charge in [0.05, 0.1) is 15.5 Å². The Labute approximate surface area is 159 Å². The highest BCUT2D eigenvalue weighted by atomic mass is 32.2. The van der Waals surface area contributed by atoms with E-state index in [-0.39, 0.29) is 33.0 Å². The third-order valence-electron chi connectivity index (χ3n) is 4.10. The van der Waals surface area contributed by atoms with Gasteiger partial charge in [-0.2, -0.15) is 8.42 Å². The number of phenols is 1. The minimum atomic E-state index is -4.40. The minimum Gasteiger partial charge on any atom is -0.505 e. The minimum absolute atomic E-state index is 0.00743. The van der Waals surface area contributed by atoms with Crippen LogP contribution >= 0.6 is 0 Å². The van der Waals surface area contributed by atoms with Gasteiger partial charge in [0.15, 0.2) is 0 Å². The van der Waals surface area contributed by atoms with E-state index in [1.54, 1.807) is 13.0 Å². The molecule has 0 aliphatic rings. The lowest BCUT2D eigenvalue weighted by molar-refractivity contribution is -0.385. The Hall–Kier alpha value is -3.50. The van der Waals surface area contributed by atoms with Crippen molar-refractivity contribution in [1.29, 1.82) is 0 Å². The molecule has 10 heteroatoms. The van der Waals surface area contributed by atoms with Crippen molar-refractivity contribution in [2.24, 2.45) is 0 Å². The topological polar surface area (TPSA) is 147 Å². The summed E-state index contributed by atoms with van der Waals surface area (Å²) in [6, 6.07) is 10.4. The first-order chi connectivity index (χ1) is 13.1. The summed E-state index contributed by atoms with van der Waals surface area (Å²) in [5.74, 6) is -1.13. The van der Waals surface area contributed by atoms with Gasteiger partial charge in [-0.15, -0.1) is 0 Å². The Morgan fingerprint density at radius 1 is 1.11 bits per heavy atom. The zero-order valence-corrected chi connectivity index (χ0v) is 15.2. The summed E-state index contributed by atoms with van der Waals surface area (Å²) in [6.45, 7) is 1.66. The lowest BCUT2D eigenvalue weighted by Crippen LogP contribution is -2.14. The molecule has 0 fully saturated rings. The molecule has 0 radical (unpaired) electrons. The molecule has 0 unspecified atom stereocenters. The molecule has 1 amide bonds. The zero-order valence-electron chi connectivity index (χ0n) is 14.4. The molecule has 0 atom stereocenters. The maximum Gasteiger partial charge on any atom is 0.294 e. The Morgan fingerprint density at radius 3 is 2.46 bits per heavy atom. The maximum absolute atomic E-state index is 12.5. The van der Waals surface area contributed by atoms with Crippen LogP contribution in [0.15, 0.2) is 53.4 Å². The van der Waals surface area contributed by atoms with Crippen molar-refractivity contribution in [3.05, 3.63) is 69.8 Å². The molecule has 0 heterocycles. The molecule has 0 aromatic heterocycles. The smallest absolute Gasteiger partial charge is 0.294 e. The molecular formula is C18H14N2O7S. The predicted molar refractivity (Wildman–Crippen MR) is 101 cm³/mol. The van der Waals surface area contributed by atoms with Crippen molar-refractivity contribution in [3.8, 4) is 5.75 Å². The molecule has 3 N–H and O–H groups in total. The molecule has 3 rings (SSSR count). The average molecular weight is 402 g/mol. The van der Waals surface area contributed by atoms with Crippen molar-refractivity contribution < 1.29 is 27.8 Å². The number of fused-ring (bicyclic) bond motifs is 1. The predicted octanol–water partition coefficient (Wildman–Crippen LogP) is 3.26. The summed E-state index contributed by atoms with van der Waals surface area (Å²) in [5.41, 5.74) is 0.0748. The van der Waals surface area contributed by atoms with E-state index in [9.17, 15) is 28.4 Å². The summed E-state index contributed by atoms with van der Waals surface area (Å²) < 4.78 is 31.6. The fourth-order valence-electron chi connectivity index (χ4n) is 2.73. The monoisotopic (exact) mass is 402 g/mol. The molecule has 3 aromatic rings. The second-order valence-electron chi connectivity index (χ2n) is 6.05. The van der Waals surface area contributed by atoms with E-state index in [1.807, 2.05) is 0 Å². The van der Waals surface area contributed by atoms with Gasteiger partial charge in [-0.1, -0.05) is 12.1 Å². The lowest BCUT2D eigenvalue weighted by atomic mass is 10.1. The Bertz CT molecular complexity index is 1240. The number of nitro groups is 1. The van der Waals surface area contributed by atoms with E-state index in [2.05, 4.69) is 5.32 Å². The highest BCUT2D eigenvalue weighted by Gasteiger charge is 2.21. The number of rotatable bonds is 4. The van der Waals surface area contributed by atoms with E-state index < -0.39 is 20.9 Å².